The molecule has 0 spiro atoms. The van der Waals surface area contributed by atoms with Crippen LogP contribution in [-0.2, 0) is 6.42 Å². The van der Waals surface area contributed by atoms with Crippen molar-refractivity contribution >= 4 is 5.82 Å². The predicted molar refractivity (Wildman–Crippen MR) is 61.3 cm³/mol. The first-order valence-corrected chi connectivity index (χ1v) is 4.98. The van der Waals surface area contributed by atoms with Gasteiger partial charge in [0, 0.05) is 5.56 Å². The van der Waals surface area contributed by atoms with Crippen molar-refractivity contribution in [3.8, 4) is 11.3 Å². The molecule has 0 amide bonds. The summed E-state index contributed by atoms with van der Waals surface area (Å²) in [6, 6.07) is 9.98. The molecule has 0 saturated heterocycles. The molecule has 15 heavy (non-hydrogen) atoms. The Morgan fingerprint density at radius 1 is 1.20 bits per heavy atom. The number of anilines is 1. The minimum atomic E-state index is 0.525. The summed E-state index contributed by atoms with van der Waals surface area (Å²) < 4.78 is 0. The van der Waals surface area contributed by atoms with Crippen LogP contribution in [0.15, 0.2) is 36.5 Å². The van der Waals surface area contributed by atoms with Crippen molar-refractivity contribution in [2.75, 3.05) is 5.73 Å². The van der Waals surface area contributed by atoms with Gasteiger partial charge in [0.15, 0.2) is 0 Å². The fraction of sp³-hybridized carbons (Fsp3) is 0.167. The molecule has 0 aliphatic rings. The lowest BCUT2D eigenvalue weighted by Gasteiger charge is -2.04. The molecule has 0 atom stereocenters. The minimum absolute atomic E-state index is 0.525. The van der Waals surface area contributed by atoms with Crippen molar-refractivity contribution < 1.29 is 0 Å². The molecule has 3 nitrogen and oxygen atoms in total. The van der Waals surface area contributed by atoms with Crippen LogP contribution in [0.4, 0.5) is 5.82 Å². The number of aromatic nitrogens is 2. The quantitative estimate of drug-likeness (QED) is 0.807. The second-order valence-corrected chi connectivity index (χ2v) is 3.31. The van der Waals surface area contributed by atoms with E-state index >= 15 is 0 Å². The largest absolute Gasteiger partial charge is 0.382 e. The van der Waals surface area contributed by atoms with Crippen LogP contribution in [0, 0.1) is 0 Å². The van der Waals surface area contributed by atoms with Crippen LogP contribution in [0.5, 0.6) is 0 Å². The Bertz CT molecular complexity index is 452. The first-order valence-electron chi connectivity index (χ1n) is 4.98. The van der Waals surface area contributed by atoms with Crippen LogP contribution in [-0.4, -0.2) is 9.97 Å². The van der Waals surface area contributed by atoms with Gasteiger partial charge >= 0.3 is 0 Å². The van der Waals surface area contributed by atoms with E-state index in [1.165, 1.54) is 0 Å². The molecule has 1 aromatic heterocycles. The van der Waals surface area contributed by atoms with Crippen molar-refractivity contribution in [1.29, 1.82) is 0 Å². The molecule has 1 heterocycles. The number of nitrogen functional groups attached to an aromatic ring is 1. The highest BCUT2D eigenvalue weighted by Gasteiger charge is 2.03. The van der Waals surface area contributed by atoms with E-state index < -0.39 is 0 Å². The topological polar surface area (TPSA) is 51.8 Å². The second kappa shape index (κ2) is 4.09. The van der Waals surface area contributed by atoms with Gasteiger partial charge < -0.3 is 5.73 Å². The normalized spacial score (nSPS) is 10.2. The standard InChI is InChI=1S/C12H13N3/c1-2-10-12(13)14-8-11(15-10)9-6-4-3-5-7-9/h3-8H,2H2,1H3,(H2,13,14). The zero-order valence-electron chi connectivity index (χ0n) is 8.64. The van der Waals surface area contributed by atoms with Crippen LogP contribution in [0.2, 0.25) is 0 Å². The van der Waals surface area contributed by atoms with Gasteiger partial charge in [-0.2, -0.15) is 0 Å². The maximum absolute atomic E-state index is 5.70. The summed E-state index contributed by atoms with van der Waals surface area (Å²) in [5.74, 6) is 0.525. The maximum atomic E-state index is 5.70. The molecule has 0 aliphatic heterocycles. The minimum Gasteiger partial charge on any atom is -0.382 e. The van der Waals surface area contributed by atoms with Gasteiger partial charge in [-0.15, -0.1) is 0 Å². The van der Waals surface area contributed by atoms with Crippen LogP contribution < -0.4 is 5.73 Å². The molecule has 2 aromatic rings. The Labute approximate surface area is 89.0 Å². The molecule has 3 heteroatoms. The van der Waals surface area contributed by atoms with E-state index in [0.29, 0.717) is 5.82 Å². The molecule has 0 aliphatic carbocycles. The van der Waals surface area contributed by atoms with Gasteiger partial charge in [0.25, 0.3) is 0 Å². The predicted octanol–water partition coefficient (Wildman–Crippen LogP) is 2.29. The Morgan fingerprint density at radius 2 is 1.93 bits per heavy atom. The monoisotopic (exact) mass is 199 g/mol. The van der Waals surface area contributed by atoms with E-state index in [4.69, 9.17) is 5.73 Å². The van der Waals surface area contributed by atoms with Gasteiger partial charge in [-0.05, 0) is 6.42 Å². The third kappa shape index (κ3) is 1.96. The summed E-state index contributed by atoms with van der Waals surface area (Å²) >= 11 is 0. The Balaban J connectivity index is 2.46. The van der Waals surface area contributed by atoms with Gasteiger partial charge in [0.1, 0.15) is 5.82 Å². The molecule has 0 bridgehead atoms. The first-order chi connectivity index (χ1) is 7.31. The summed E-state index contributed by atoms with van der Waals surface area (Å²) in [6.45, 7) is 2.02. The molecule has 2 rings (SSSR count). The highest BCUT2D eigenvalue weighted by Crippen LogP contribution is 2.17. The summed E-state index contributed by atoms with van der Waals surface area (Å²) in [5, 5.41) is 0. The fourth-order valence-electron chi connectivity index (χ4n) is 1.44. The Morgan fingerprint density at radius 3 is 2.60 bits per heavy atom. The van der Waals surface area contributed by atoms with Crippen LogP contribution in [0.25, 0.3) is 11.3 Å². The Kier molecular flexibility index (Phi) is 2.63. The number of rotatable bonds is 2. The number of nitrogens with two attached hydrogens (primary N) is 1. The molecule has 2 N–H and O–H groups in total. The highest BCUT2D eigenvalue weighted by atomic mass is 14.9. The van der Waals surface area contributed by atoms with Crippen molar-refractivity contribution in [1.82, 2.24) is 9.97 Å². The maximum Gasteiger partial charge on any atom is 0.145 e. The lowest BCUT2D eigenvalue weighted by atomic mass is 10.1. The average molecular weight is 199 g/mol. The molecule has 0 fully saturated rings. The third-order valence-electron chi connectivity index (χ3n) is 2.28. The molecular formula is C12H13N3. The van der Waals surface area contributed by atoms with Crippen molar-refractivity contribution in [2.24, 2.45) is 0 Å². The van der Waals surface area contributed by atoms with Gasteiger partial charge in [0.2, 0.25) is 0 Å². The summed E-state index contributed by atoms with van der Waals surface area (Å²) in [4.78, 5) is 8.62. The van der Waals surface area contributed by atoms with E-state index in [9.17, 15) is 0 Å². The van der Waals surface area contributed by atoms with Crippen LogP contribution in [0.3, 0.4) is 0 Å². The van der Waals surface area contributed by atoms with E-state index in [0.717, 1.165) is 23.4 Å². The van der Waals surface area contributed by atoms with Gasteiger partial charge in [-0.1, -0.05) is 37.3 Å². The van der Waals surface area contributed by atoms with Crippen molar-refractivity contribution in [2.45, 2.75) is 13.3 Å². The summed E-state index contributed by atoms with van der Waals surface area (Å²) in [5.41, 5.74) is 8.51. The van der Waals surface area contributed by atoms with E-state index in [1.807, 2.05) is 37.3 Å². The van der Waals surface area contributed by atoms with Gasteiger partial charge in [-0.3, -0.25) is 0 Å². The third-order valence-corrected chi connectivity index (χ3v) is 2.28. The van der Waals surface area contributed by atoms with Gasteiger partial charge in [-0.25, -0.2) is 9.97 Å². The molecule has 0 unspecified atom stereocenters. The summed E-state index contributed by atoms with van der Waals surface area (Å²) in [7, 11) is 0. The highest BCUT2D eigenvalue weighted by molar-refractivity contribution is 5.59. The lowest BCUT2D eigenvalue weighted by molar-refractivity contribution is 1.01. The molecule has 76 valence electrons. The van der Waals surface area contributed by atoms with E-state index in [1.54, 1.807) is 6.20 Å². The summed E-state index contributed by atoms with van der Waals surface area (Å²) in [6.07, 6.45) is 2.52. The second-order valence-electron chi connectivity index (χ2n) is 3.31. The van der Waals surface area contributed by atoms with Crippen molar-refractivity contribution in [3.05, 3.63) is 42.2 Å². The van der Waals surface area contributed by atoms with Crippen LogP contribution in [0.1, 0.15) is 12.6 Å². The van der Waals surface area contributed by atoms with Gasteiger partial charge in [0.05, 0.1) is 17.6 Å². The number of nitrogens with zero attached hydrogens (tertiary/aromatic N) is 2. The molecule has 0 radical (unpaired) electrons. The first kappa shape index (κ1) is 9.65. The van der Waals surface area contributed by atoms with E-state index in [-0.39, 0.29) is 0 Å². The molecule has 1 aromatic carbocycles. The average Bonchev–Trinajstić information content (AvgIpc) is 2.31. The van der Waals surface area contributed by atoms with Crippen molar-refractivity contribution in [3.63, 3.8) is 0 Å². The number of aryl methyl sites for hydroxylation is 1. The zero-order chi connectivity index (χ0) is 10.7. The van der Waals surface area contributed by atoms with E-state index in [2.05, 4.69) is 9.97 Å². The lowest BCUT2D eigenvalue weighted by Crippen LogP contribution is -2.00. The SMILES string of the molecule is CCc1nc(-c2ccccc2)cnc1N. The number of hydrogen-bond acceptors (Lipinski definition) is 3. The Hall–Kier alpha value is -1.90. The van der Waals surface area contributed by atoms with Crippen LogP contribution >= 0.6 is 0 Å². The smallest absolute Gasteiger partial charge is 0.145 e. The number of benzene rings is 1. The molecule has 0 saturated carbocycles. The number of hydrogen-bond donors (Lipinski definition) is 1. The zero-order valence-corrected chi connectivity index (χ0v) is 8.64. The fourth-order valence-corrected chi connectivity index (χ4v) is 1.44. The molecular weight excluding hydrogens is 186 g/mol.